The third-order valence-electron chi connectivity index (χ3n) is 0.478. The van der Waals surface area contributed by atoms with Gasteiger partial charge in [-0.05, 0) is 6.07 Å². The molecule has 1 aromatic heterocycles. The van der Waals surface area contributed by atoms with Crippen LogP contribution in [0.1, 0.15) is 2.85 Å². The molecule has 34 valence electrons. The summed E-state index contributed by atoms with van der Waals surface area (Å²) in [6.07, 6.45) is 4.88. The van der Waals surface area contributed by atoms with Gasteiger partial charge in [-0.1, -0.05) is 0 Å². The molecule has 2 nitrogen and oxygen atoms in total. The van der Waals surface area contributed by atoms with Gasteiger partial charge in [0.05, 0.1) is 0 Å². The maximum atomic E-state index is 3.67. The predicted octanol–water partition coefficient (Wildman–Crippen LogP) is -5.29. The summed E-state index contributed by atoms with van der Waals surface area (Å²) in [5.41, 5.74) is 0. The van der Waals surface area contributed by atoms with Crippen molar-refractivity contribution < 1.29 is 106 Å². The SMILES string of the molecule is [H-].[H-].[K+].[K+].c1cncnc1. The molecule has 0 radical (unpaired) electrons. The van der Waals surface area contributed by atoms with Crippen molar-refractivity contribution in [1.82, 2.24) is 9.97 Å². The van der Waals surface area contributed by atoms with Crippen molar-refractivity contribution in [3.05, 3.63) is 24.8 Å². The van der Waals surface area contributed by atoms with Gasteiger partial charge < -0.3 is 2.85 Å². The van der Waals surface area contributed by atoms with Gasteiger partial charge in [0.25, 0.3) is 0 Å². The molecule has 0 saturated carbocycles. The van der Waals surface area contributed by atoms with Crippen LogP contribution in [0.2, 0.25) is 0 Å². The van der Waals surface area contributed by atoms with Gasteiger partial charge in [-0.15, -0.1) is 0 Å². The van der Waals surface area contributed by atoms with E-state index in [1.165, 1.54) is 6.33 Å². The molecule has 1 rings (SSSR count). The number of hydrogen-bond donors (Lipinski definition) is 0. The van der Waals surface area contributed by atoms with Gasteiger partial charge in [-0.3, -0.25) is 0 Å². The van der Waals surface area contributed by atoms with Crippen molar-refractivity contribution in [3.8, 4) is 0 Å². The first-order valence-corrected chi connectivity index (χ1v) is 1.70. The second kappa shape index (κ2) is 9.35. The average molecular weight is 160 g/mol. The topological polar surface area (TPSA) is 25.8 Å². The molecule has 0 aliphatic carbocycles. The molecule has 0 N–H and O–H groups in total. The van der Waals surface area contributed by atoms with E-state index in [1.54, 1.807) is 18.5 Å². The van der Waals surface area contributed by atoms with E-state index in [4.69, 9.17) is 0 Å². The first-order valence-electron chi connectivity index (χ1n) is 1.70. The fraction of sp³-hybridized carbons (Fsp3) is 0. The molecule has 1 heterocycles. The average Bonchev–Trinajstić information content (AvgIpc) is 1.72. The first kappa shape index (κ1) is 13.0. The van der Waals surface area contributed by atoms with Crippen molar-refractivity contribution in [2.24, 2.45) is 0 Å². The molecule has 0 unspecified atom stereocenters. The molecule has 0 aliphatic heterocycles. The fourth-order valence-corrected chi connectivity index (χ4v) is 0.253. The maximum absolute atomic E-state index is 3.67. The van der Waals surface area contributed by atoms with Crippen LogP contribution >= 0.6 is 0 Å². The van der Waals surface area contributed by atoms with Crippen molar-refractivity contribution in [1.29, 1.82) is 0 Å². The van der Waals surface area contributed by atoms with Crippen molar-refractivity contribution in [2.75, 3.05) is 0 Å². The number of nitrogens with zero attached hydrogens (tertiary/aromatic N) is 2. The molecule has 4 heteroatoms. The van der Waals surface area contributed by atoms with Crippen LogP contribution in [0.3, 0.4) is 0 Å². The van der Waals surface area contributed by atoms with Crippen molar-refractivity contribution >= 4 is 0 Å². The zero-order valence-corrected chi connectivity index (χ0v) is 11.5. The van der Waals surface area contributed by atoms with E-state index in [0.717, 1.165) is 0 Å². The number of aromatic nitrogens is 2. The van der Waals surface area contributed by atoms with Gasteiger partial charge in [-0.25, -0.2) is 9.97 Å². The van der Waals surface area contributed by atoms with Gasteiger partial charge in [-0.2, -0.15) is 0 Å². The first-order chi connectivity index (χ1) is 3.00. The molecule has 0 spiro atoms. The van der Waals surface area contributed by atoms with E-state index in [9.17, 15) is 0 Å². The fourth-order valence-electron chi connectivity index (χ4n) is 0.253. The van der Waals surface area contributed by atoms with Crippen molar-refractivity contribution in [2.45, 2.75) is 0 Å². The monoisotopic (exact) mass is 160 g/mol. The Balaban J connectivity index is -0.0000000450. The third kappa shape index (κ3) is 6.47. The summed E-state index contributed by atoms with van der Waals surface area (Å²) in [7, 11) is 0. The van der Waals surface area contributed by atoms with Crippen molar-refractivity contribution in [3.63, 3.8) is 0 Å². The Morgan fingerprint density at radius 1 is 1.00 bits per heavy atom. The molecule has 8 heavy (non-hydrogen) atoms. The minimum Gasteiger partial charge on any atom is -1.00 e. The van der Waals surface area contributed by atoms with Crippen LogP contribution in [0, 0.1) is 0 Å². The summed E-state index contributed by atoms with van der Waals surface area (Å²) in [5.74, 6) is 0. The smallest absolute Gasteiger partial charge is 1.00 e. The van der Waals surface area contributed by atoms with E-state index in [0.29, 0.717) is 0 Å². The predicted molar refractivity (Wildman–Crippen MR) is 24.3 cm³/mol. The van der Waals surface area contributed by atoms with Gasteiger partial charge >= 0.3 is 103 Å². The molecule has 0 aliphatic rings. The molecule has 0 aromatic carbocycles. The van der Waals surface area contributed by atoms with E-state index in [2.05, 4.69) is 9.97 Å². The Kier molecular flexibility index (Phi) is 15.2. The zero-order chi connectivity index (χ0) is 4.24. The third-order valence-corrected chi connectivity index (χ3v) is 0.478. The van der Waals surface area contributed by atoms with Crippen LogP contribution in [0.25, 0.3) is 0 Å². The summed E-state index contributed by atoms with van der Waals surface area (Å²) in [6.45, 7) is 0. The van der Waals surface area contributed by atoms with Gasteiger partial charge in [0.1, 0.15) is 6.33 Å². The molecule has 0 bridgehead atoms. The Labute approximate surface area is 137 Å². The number of hydrogen-bond acceptors (Lipinski definition) is 2. The van der Waals surface area contributed by atoms with Gasteiger partial charge in [0, 0.05) is 12.4 Å². The second-order valence-corrected chi connectivity index (χ2v) is 0.904. The van der Waals surface area contributed by atoms with E-state index < -0.39 is 0 Å². The summed E-state index contributed by atoms with van der Waals surface area (Å²) >= 11 is 0. The van der Waals surface area contributed by atoms with Gasteiger partial charge in [0.15, 0.2) is 0 Å². The van der Waals surface area contributed by atoms with Crippen LogP contribution in [0.4, 0.5) is 0 Å². The van der Waals surface area contributed by atoms with Gasteiger partial charge in [0.2, 0.25) is 0 Å². The van der Waals surface area contributed by atoms with E-state index >= 15 is 0 Å². The Morgan fingerprint density at radius 3 is 1.62 bits per heavy atom. The van der Waals surface area contributed by atoms with Crippen LogP contribution in [0.15, 0.2) is 24.8 Å². The summed E-state index contributed by atoms with van der Waals surface area (Å²) in [5, 5.41) is 0. The summed E-state index contributed by atoms with van der Waals surface area (Å²) in [6, 6.07) is 1.78. The molecule has 1 aromatic rings. The Bertz CT molecular complexity index is 91.2. The zero-order valence-electron chi connectivity index (χ0n) is 7.20. The molecule has 0 atom stereocenters. The van der Waals surface area contributed by atoms with E-state index in [1.807, 2.05) is 0 Å². The molecular formula is C4H6K2N2. The molecular weight excluding hydrogens is 154 g/mol. The van der Waals surface area contributed by atoms with Crippen LogP contribution in [-0.4, -0.2) is 9.97 Å². The quantitative estimate of drug-likeness (QED) is 0.354. The summed E-state index contributed by atoms with van der Waals surface area (Å²) < 4.78 is 0. The maximum Gasteiger partial charge on any atom is 1.00 e. The normalized spacial score (nSPS) is 6.00. The second-order valence-electron chi connectivity index (χ2n) is 0.904. The Morgan fingerprint density at radius 2 is 1.50 bits per heavy atom. The van der Waals surface area contributed by atoms with Crippen LogP contribution in [-0.2, 0) is 0 Å². The van der Waals surface area contributed by atoms with E-state index in [-0.39, 0.29) is 106 Å². The molecule has 0 fully saturated rings. The summed E-state index contributed by atoms with van der Waals surface area (Å²) in [4.78, 5) is 7.35. The van der Waals surface area contributed by atoms with Crippen LogP contribution in [0.5, 0.6) is 0 Å². The Hall–Kier alpha value is 2.35. The standard InChI is InChI=1S/C4H4N2.2K.2H/c1-2-5-4-6-3-1;;;;/h1-4H;;;;/q;2*+1;2*-1. The number of rotatable bonds is 0. The molecule has 0 saturated heterocycles. The van der Waals surface area contributed by atoms with Crippen LogP contribution < -0.4 is 103 Å². The largest absolute Gasteiger partial charge is 1.00 e. The minimum absolute atomic E-state index is 0. The molecule has 0 amide bonds. The minimum atomic E-state index is 0.